The Kier molecular flexibility index (Phi) is 8.13. The van der Waals surface area contributed by atoms with Crippen LogP contribution in [0.4, 0.5) is 18.9 Å². The molecule has 2 saturated carbocycles. The van der Waals surface area contributed by atoms with Gasteiger partial charge in [0.25, 0.3) is 0 Å². The summed E-state index contributed by atoms with van der Waals surface area (Å²) in [6.45, 7) is -1.29. The molecule has 0 saturated heterocycles. The van der Waals surface area contributed by atoms with E-state index in [1.165, 1.54) is 25.1 Å². The van der Waals surface area contributed by atoms with Crippen molar-refractivity contribution in [2.24, 2.45) is 29.4 Å². The number of aromatic hydroxyl groups is 1. The highest BCUT2D eigenvalue weighted by Crippen LogP contribution is 2.52. The van der Waals surface area contributed by atoms with Crippen molar-refractivity contribution in [3.8, 4) is 16.9 Å². The van der Waals surface area contributed by atoms with Gasteiger partial charge in [0.05, 0.1) is 24.1 Å². The first kappa shape index (κ1) is 32.3. The number of carbonyl (C=O) groups is 5. The van der Waals surface area contributed by atoms with Gasteiger partial charge < -0.3 is 26.6 Å². The molecule has 3 aliphatic rings. The molecule has 6 atom stereocenters. The van der Waals surface area contributed by atoms with Crippen LogP contribution in [0.5, 0.6) is 5.75 Å². The third-order valence-corrected chi connectivity index (χ3v) is 9.24. The first-order chi connectivity index (χ1) is 21.0. The van der Waals surface area contributed by atoms with Crippen LogP contribution in [-0.4, -0.2) is 89.7 Å². The molecule has 0 spiro atoms. The van der Waals surface area contributed by atoms with Crippen molar-refractivity contribution in [2.45, 2.75) is 37.2 Å². The number of anilines is 1. The fraction of sp³-hybridized carbons (Fsp3) is 0.452. The molecular weight excluding hydrogens is 597 g/mol. The predicted molar refractivity (Wildman–Crippen MR) is 154 cm³/mol. The van der Waals surface area contributed by atoms with Gasteiger partial charge >= 0.3 is 6.18 Å². The topological polar surface area (TPSA) is 179 Å². The highest BCUT2D eigenvalue weighted by molar-refractivity contribution is 6.32. The third kappa shape index (κ3) is 5.20. The molecule has 45 heavy (non-hydrogen) atoms. The van der Waals surface area contributed by atoms with Crippen molar-refractivity contribution >= 4 is 34.7 Å². The number of halogens is 3. The van der Waals surface area contributed by atoms with E-state index in [9.17, 15) is 47.4 Å². The number of primary amides is 1. The minimum Gasteiger partial charge on any atom is -0.507 e. The number of nitrogens with zero attached hydrogens (tertiary/aromatic N) is 1. The molecule has 1 amide bonds. The Bertz CT molecular complexity index is 1620. The fourth-order valence-electron chi connectivity index (χ4n) is 7.35. The summed E-state index contributed by atoms with van der Waals surface area (Å²) in [6, 6.07) is 6.58. The number of aliphatic hydroxyl groups is 1. The number of likely N-dealkylation sites (N-methyl/N-ethyl adjacent to an activating group) is 1. The van der Waals surface area contributed by atoms with E-state index in [4.69, 9.17) is 5.73 Å². The van der Waals surface area contributed by atoms with Crippen LogP contribution in [0, 0.1) is 23.7 Å². The number of phenols is 1. The maximum Gasteiger partial charge on any atom is 0.401 e. The van der Waals surface area contributed by atoms with E-state index < -0.39 is 82.8 Å². The average Bonchev–Trinajstić information content (AvgIpc) is 2.94. The predicted octanol–water partition coefficient (Wildman–Crippen LogP) is 1.23. The maximum atomic E-state index is 14.0. The summed E-state index contributed by atoms with van der Waals surface area (Å²) >= 11 is 0. The Morgan fingerprint density at radius 1 is 1.09 bits per heavy atom. The van der Waals surface area contributed by atoms with E-state index in [0.29, 0.717) is 27.9 Å². The van der Waals surface area contributed by atoms with Crippen molar-refractivity contribution in [3.63, 3.8) is 0 Å². The van der Waals surface area contributed by atoms with Gasteiger partial charge in [-0.15, -0.1) is 0 Å². The number of benzene rings is 2. The zero-order valence-electron chi connectivity index (χ0n) is 24.7. The Balaban J connectivity index is 1.60. The van der Waals surface area contributed by atoms with E-state index in [2.05, 4.69) is 10.6 Å². The van der Waals surface area contributed by atoms with Gasteiger partial charge in [-0.25, -0.2) is 0 Å². The number of hydrogen-bond acceptors (Lipinski definition) is 10. The second-order valence-corrected chi connectivity index (χ2v) is 12.1. The minimum absolute atomic E-state index is 0.0370. The monoisotopic (exact) mass is 630 g/mol. The lowest BCUT2D eigenvalue weighted by Gasteiger charge is -2.52. The van der Waals surface area contributed by atoms with Crippen LogP contribution >= 0.6 is 0 Å². The van der Waals surface area contributed by atoms with E-state index in [0.717, 1.165) is 0 Å². The van der Waals surface area contributed by atoms with Crippen molar-refractivity contribution in [1.29, 1.82) is 0 Å². The number of Topliss-reactive ketones (excluding diaryl/α,β-unsaturated/α-hetero) is 4. The second kappa shape index (κ2) is 11.3. The number of nitrogens with two attached hydrogens (primary N) is 1. The van der Waals surface area contributed by atoms with Crippen LogP contribution < -0.4 is 16.4 Å². The normalized spacial score (nSPS) is 28.0. The molecule has 0 aromatic heterocycles. The highest BCUT2D eigenvalue weighted by atomic mass is 19.4. The van der Waals surface area contributed by atoms with Gasteiger partial charge in [0.2, 0.25) is 5.91 Å². The van der Waals surface area contributed by atoms with Crippen LogP contribution in [0.3, 0.4) is 0 Å². The zero-order valence-corrected chi connectivity index (χ0v) is 24.7. The smallest absolute Gasteiger partial charge is 0.401 e. The molecule has 0 bridgehead atoms. The standard InChI is InChI=1S/C31H33F3N4O7/c1-36-19-6-4-13(11-37-12-30(32,33)34)8-16(19)15-5-7-20(39)22-17(15)9-14-10-18-24(38(2)3)26(41)23(29(35)44)28(43)31(18,45)27(42)21(14)25(22)40/h4-8,14,18,21,23-24,36-37,39,45H,9-12H2,1-3H3,(H2,35,44)/t14-,18-,21?,23?,24-,31-/m0/s1. The van der Waals surface area contributed by atoms with E-state index in [1.807, 2.05) is 0 Å². The summed E-state index contributed by atoms with van der Waals surface area (Å²) in [5.41, 5.74) is 4.83. The Labute approximate surface area is 255 Å². The number of nitrogens with one attached hydrogen (secondary N) is 2. The number of amides is 1. The van der Waals surface area contributed by atoms with Gasteiger partial charge in [-0.3, -0.25) is 28.9 Å². The minimum atomic E-state index is -4.40. The van der Waals surface area contributed by atoms with Gasteiger partial charge in [-0.2, -0.15) is 13.2 Å². The second-order valence-electron chi connectivity index (χ2n) is 12.1. The third-order valence-electron chi connectivity index (χ3n) is 9.24. The summed E-state index contributed by atoms with van der Waals surface area (Å²) in [4.78, 5) is 68.3. The molecular formula is C31H33F3N4O7. The molecule has 11 nitrogen and oxygen atoms in total. The largest absolute Gasteiger partial charge is 0.507 e. The summed E-state index contributed by atoms with van der Waals surface area (Å²) in [5.74, 6) is -11.6. The Morgan fingerprint density at radius 3 is 2.38 bits per heavy atom. The highest BCUT2D eigenvalue weighted by Gasteiger charge is 2.69. The summed E-state index contributed by atoms with van der Waals surface area (Å²) in [5, 5.41) is 28.0. The van der Waals surface area contributed by atoms with E-state index >= 15 is 0 Å². The lowest BCUT2D eigenvalue weighted by atomic mass is 9.52. The summed E-state index contributed by atoms with van der Waals surface area (Å²) < 4.78 is 38.1. The van der Waals surface area contributed by atoms with Crippen molar-refractivity contribution < 1.29 is 47.4 Å². The van der Waals surface area contributed by atoms with Crippen molar-refractivity contribution in [2.75, 3.05) is 33.0 Å². The van der Waals surface area contributed by atoms with Crippen LogP contribution in [0.15, 0.2) is 30.3 Å². The number of alkyl halides is 3. The fourth-order valence-corrected chi connectivity index (χ4v) is 7.35. The molecule has 14 heteroatoms. The molecule has 5 rings (SSSR count). The quantitative estimate of drug-likeness (QED) is 0.280. The summed E-state index contributed by atoms with van der Waals surface area (Å²) in [6.07, 6.45) is -4.47. The molecule has 2 unspecified atom stereocenters. The average molecular weight is 631 g/mol. The lowest BCUT2D eigenvalue weighted by Crippen LogP contribution is -2.74. The zero-order chi connectivity index (χ0) is 33.2. The number of rotatable bonds is 7. The molecule has 6 N–H and O–H groups in total. The van der Waals surface area contributed by atoms with E-state index in [1.54, 1.807) is 31.3 Å². The maximum absolute atomic E-state index is 14.0. The Morgan fingerprint density at radius 2 is 1.78 bits per heavy atom. The molecule has 2 aromatic carbocycles. The summed E-state index contributed by atoms with van der Waals surface area (Å²) in [7, 11) is 4.65. The molecule has 0 aliphatic heterocycles. The first-order valence-electron chi connectivity index (χ1n) is 14.3. The number of carbonyl (C=O) groups excluding carboxylic acids is 5. The SMILES string of the molecule is CNc1ccc(CNCC(F)(F)F)cc1-c1ccc(O)c2c1C[C@H]1C[C@H]3[C@H](N(C)C)C(=O)C(C(N)=O)C(=O)[C@@]3(O)C(=O)C1C2=O. The number of fused-ring (bicyclic) bond motifs is 3. The van der Waals surface area contributed by atoms with E-state index in [-0.39, 0.29) is 24.9 Å². The lowest BCUT2D eigenvalue weighted by molar-refractivity contribution is -0.181. The van der Waals surface area contributed by atoms with Gasteiger partial charge in [0.1, 0.15) is 5.75 Å². The molecule has 0 heterocycles. The van der Waals surface area contributed by atoms with Crippen molar-refractivity contribution in [3.05, 3.63) is 47.0 Å². The van der Waals surface area contributed by atoms with Crippen LogP contribution in [-0.2, 0) is 32.1 Å². The van der Waals surface area contributed by atoms with Crippen LogP contribution in [0.1, 0.15) is 27.9 Å². The van der Waals surface area contributed by atoms with Gasteiger partial charge in [-0.1, -0.05) is 12.1 Å². The molecule has 3 aliphatic carbocycles. The number of hydrogen-bond donors (Lipinski definition) is 5. The first-order valence-corrected chi connectivity index (χ1v) is 14.3. The van der Waals surface area contributed by atoms with Gasteiger partial charge in [-0.05, 0) is 67.7 Å². The molecule has 2 fully saturated rings. The van der Waals surface area contributed by atoms with Crippen LogP contribution in [0.25, 0.3) is 11.1 Å². The van der Waals surface area contributed by atoms with Crippen molar-refractivity contribution in [1.82, 2.24) is 10.2 Å². The Hall–Kier alpha value is -4.14. The van der Waals surface area contributed by atoms with Gasteiger partial charge in [0.15, 0.2) is 34.7 Å². The number of phenolic OH excluding ortho intramolecular Hbond substituents is 1. The van der Waals surface area contributed by atoms with Crippen LogP contribution in [0.2, 0.25) is 0 Å². The van der Waals surface area contributed by atoms with Gasteiger partial charge in [0, 0.05) is 30.8 Å². The molecule has 0 radical (unpaired) electrons. The number of ketones is 4. The molecule has 240 valence electrons. The molecule has 2 aromatic rings.